The van der Waals surface area contributed by atoms with Crippen LogP contribution in [0.1, 0.15) is 23.3 Å². The van der Waals surface area contributed by atoms with E-state index in [4.69, 9.17) is 4.74 Å². The summed E-state index contributed by atoms with van der Waals surface area (Å²) in [5.74, 6) is 0.427. The maximum Gasteiger partial charge on any atom is 0.270 e. The number of nitrogens with one attached hydrogen (secondary N) is 1. The van der Waals surface area contributed by atoms with Crippen molar-refractivity contribution in [3.05, 3.63) is 18.0 Å². The second kappa shape index (κ2) is 6.02. The van der Waals surface area contributed by atoms with Gasteiger partial charge >= 0.3 is 0 Å². The lowest BCUT2D eigenvalue weighted by atomic mass is 10.3. The molecule has 2 heterocycles. The molecular weight excluding hydrogens is 306 g/mol. The van der Waals surface area contributed by atoms with Gasteiger partial charge in [0, 0.05) is 32.9 Å². The molecule has 0 radical (unpaired) electrons. The van der Waals surface area contributed by atoms with Crippen LogP contribution in [0.2, 0.25) is 0 Å². The lowest BCUT2D eigenvalue weighted by Gasteiger charge is -2.25. The number of H-pyrrole nitrogens is 1. The van der Waals surface area contributed by atoms with Gasteiger partial charge in [0.2, 0.25) is 10.0 Å². The summed E-state index contributed by atoms with van der Waals surface area (Å²) < 4.78 is 31.6. The number of carbonyl (C=O) groups excluding carboxylic acids is 1. The van der Waals surface area contributed by atoms with Crippen LogP contribution >= 0.6 is 0 Å². The first-order valence-corrected chi connectivity index (χ1v) is 8.94. The SMILES string of the molecule is CN(CC1CC1)C(=O)c1cc(S(=O)(=O)N2CCOCC2)c[nH]1. The fourth-order valence-corrected chi connectivity index (χ4v) is 3.96. The van der Waals surface area contributed by atoms with Crippen molar-refractivity contribution in [2.45, 2.75) is 17.7 Å². The highest BCUT2D eigenvalue weighted by atomic mass is 32.2. The monoisotopic (exact) mass is 327 g/mol. The van der Waals surface area contributed by atoms with Crippen LogP contribution in [0, 0.1) is 5.92 Å². The van der Waals surface area contributed by atoms with Gasteiger partial charge in [0.25, 0.3) is 5.91 Å². The number of hydrogen-bond acceptors (Lipinski definition) is 4. The molecule has 0 spiro atoms. The maximum atomic E-state index is 12.5. The number of nitrogens with zero attached hydrogens (tertiary/aromatic N) is 2. The van der Waals surface area contributed by atoms with Gasteiger partial charge in [0.15, 0.2) is 0 Å². The standard InChI is InChI=1S/C14H21N3O4S/c1-16(10-11-2-3-11)14(18)13-8-12(9-15-13)22(19,20)17-4-6-21-7-5-17/h8-9,11,15H,2-7,10H2,1H3. The van der Waals surface area contributed by atoms with E-state index in [1.807, 2.05) is 0 Å². The van der Waals surface area contributed by atoms with Gasteiger partial charge in [-0.3, -0.25) is 4.79 Å². The molecule has 3 rings (SSSR count). The van der Waals surface area contributed by atoms with E-state index in [1.54, 1.807) is 11.9 Å². The molecule has 2 fully saturated rings. The van der Waals surface area contributed by atoms with Gasteiger partial charge in [-0.15, -0.1) is 0 Å². The minimum absolute atomic E-state index is 0.137. The molecule has 8 heteroatoms. The fourth-order valence-electron chi connectivity index (χ4n) is 2.56. The van der Waals surface area contributed by atoms with Gasteiger partial charge in [-0.25, -0.2) is 8.42 Å². The third-order valence-electron chi connectivity index (χ3n) is 4.07. The van der Waals surface area contributed by atoms with E-state index in [2.05, 4.69) is 4.98 Å². The number of amides is 1. The molecule has 1 aromatic heterocycles. The van der Waals surface area contributed by atoms with Gasteiger partial charge in [0.1, 0.15) is 10.6 Å². The normalized spacial score (nSPS) is 20.0. The fraction of sp³-hybridized carbons (Fsp3) is 0.643. The quantitative estimate of drug-likeness (QED) is 0.854. The summed E-state index contributed by atoms with van der Waals surface area (Å²) in [7, 11) is -1.81. The first-order chi connectivity index (χ1) is 10.5. The maximum absolute atomic E-state index is 12.5. The molecule has 1 aliphatic carbocycles. The van der Waals surface area contributed by atoms with Gasteiger partial charge in [-0.2, -0.15) is 4.31 Å². The highest BCUT2D eigenvalue weighted by Gasteiger charge is 2.29. The molecule has 0 unspecified atom stereocenters. The van der Waals surface area contributed by atoms with Gasteiger partial charge in [0.05, 0.1) is 13.2 Å². The number of carbonyl (C=O) groups is 1. The molecule has 1 aromatic rings. The molecule has 22 heavy (non-hydrogen) atoms. The Labute approximate surface area is 130 Å². The molecule has 1 aliphatic heterocycles. The van der Waals surface area contributed by atoms with E-state index in [0.717, 1.165) is 6.54 Å². The Morgan fingerprint density at radius 2 is 2.09 bits per heavy atom. The topological polar surface area (TPSA) is 82.7 Å². The summed E-state index contributed by atoms with van der Waals surface area (Å²) in [6, 6.07) is 1.43. The molecule has 1 N–H and O–H groups in total. The molecule has 1 saturated carbocycles. The van der Waals surface area contributed by atoms with Crippen LogP contribution in [0.5, 0.6) is 0 Å². The Kier molecular flexibility index (Phi) is 4.24. The van der Waals surface area contributed by atoms with Crippen LogP contribution in [-0.2, 0) is 14.8 Å². The van der Waals surface area contributed by atoms with Crippen molar-refractivity contribution < 1.29 is 17.9 Å². The van der Waals surface area contributed by atoms with Crippen LogP contribution in [0.3, 0.4) is 0 Å². The highest BCUT2D eigenvalue weighted by molar-refractivity contribution is 7.89. The molecule has 1 saturated heterocycles. The average Bonchev–Trinajstić information content (AvgIpc) is 3.18. The van der Waals surface area contributed by atoms with Crippen molar-refractivity contribution in [2.24, 2.45) is 5.92 Å². The van der Waals surface area contributed by atoms with Gasteiger partial charge in [-0.1, -0.05) is 0 Å². The minimum Gasteiger partial charge on any atom is -0.379 e. The second-order valence-corrected chi connectivity index (χ2v) is 7.83. The Bertz CT molecular complexity index is 645. The van der Waals surface area contributed by atoms with Crippen LogP contribution in [0.25, 0.3) is 0 Å². The Balaban J connectivity index is 1.73. The molecular formula is C14H21N3O4S. The minimum atomic E-state index is -3.56. The smallest absolute Gasteiger partial charge is 0.270 e. The summed E-state index contributed by atoms with van der Waals surface area (Å²) in [5, 5.41) is 0. The number of aromatic nitrogens is 1. The van der Waals surface area contributed by atoms with Gasteiger partial charge in [-0.05, 0) is 24.8 Å². The van der Waals surface area contributed by atoms with Gasteiger partial charge < -0.3 is 14.6 Å². The zero-order valence-electron chi connectivity index (χ0n) is 12.6. The van der Waals surface area contributed by atoms with Crippen molar-refractivity contribution in [3.63, 3.8) is 0 Å². The first-order valence-electron chi connectivity index (χ1n) is 7.50. The summed E-state index contributed by atoms with van der Waals surface area (Å²) in [6.45, 7) is 2.22. The number of aromatic amines is 1. The summed E-state index contributed by atoms with van der Waals surface area (Å²) in [5.41, 5.74) is 0.315. The largest absolute Gasteiger partial charge is 0.379 e. The number of ether oxygens (including phenoxy) is 1. The summed E-state index contributed by atoms with van der Waals surface area (Å²) in [4.78, 5) is 16.9. The predicted octanol–water partition coefficient (Wildman–Crippen LogP) is 0.518. The number of sulfonamides is 1. The van der Waals surface area contributed by atoms with E-state index < -0.39 is 10.0 Å². The van der Waals surface area contributed by atoms with E-state index in [9.17, 15) is 13.2 Å². The predicted molar refractivity (Wildman–Crippen MR) is 80.1 cm³/mol. The van der Waals surface area contributed by atoms with Crippen molar-refractivity contribution >= 4 is 15.9 Å². The average molecular weight is 327 g/mol. The Hall–Kier alpha value is -1.38. The molecule has 1 amide bonds. The van der Waals surface area contributed by atoms with E-state index in [0.29, 0.717) is 37.9 Å². The molecule has 122 valence electrons. The lowest BCUT2D eigenvalue weighted by Crippen LogP contribution is -2.40. The van der Waals surface area contributed by atoms with Crippen LogP contribution in [0.15, 0.2) is 17.2 Å². The lowest BCUT2D eigenvalue weighted by molar-refractivity contribution is 0.0730. The first kappa shape index (κ1) is 15.5. The van der Waals surface area contributed by atoms with E-state index in [1.165, 1.54) is 29.4 Å². The Morgan fingerprint density at radius 3 is 2.73 bits per heavy atom. The molecule has 7 nitrogen and oxygen atoms in total. The molecule has 0 atom stereocenters. The molecule has 2 aliphatic rings. The third kappa shape index (κ3) is 3.18. The van der Waals surface area contributed by atoms with Crippen molar-refractivity contribution in [1.82, 2.24) is 14.2 Å². The zero-order valence-corrected chi connectivity index (χ0v) is 13.4. The van der Waals surface area contributed by atoms with Crippen molar-refractivity contribution in [2.75, 3.05) is 39.9 Å². The molecule has 0 bridgehead atoms. The third-order valence-corrected chi connectivity index (χ3v) is 5.95. The summed E-state index contributed by atoms with van der Waals surface area (Å²) in [6.07, 6.45) is 3.72. The number of rotatable bonds is 5. The van der Waals surface area contributed by atoms with E-state index >= 15 is 0 Å². The van der Waals surface area contributed by atoms with Crippen molar-refractivity contribution in [1.29, 1.82) is 0 Å². The molecule has 0 aromatic carbocycles. The zero-order chi connectivity index (χ0) is 15.7. The summed E-state index contributed by atoms with van der Waals surface area (Å²) >= 11 is 0. The van der Waals surface area contributed by atoms with Crippen LogP contribution < -0.4 is 0 Å². The highest BCUT2D eigenvalue weighted by Crippen LogP contribution is 2.29. The number of morpholine rings is 1. The van der Waals surface area contributed by atoms with Crippen molar-refractivity contribution in [3.8, 4) is 0 Å². The Morgan fingerprint density at radius 1 is 1.41 bits per heavy atom. The van der Waals surface area contributed by atoms with Crippen LogP contribution in [-0.4, -0.2) is 68.4 Å². The van der Waals surface area contributed by atoms with E-state index in [-0.39, 0.29) is 10.8 Å². The second-order valence-electron chi connectivity index (χ2n) is 5.89. The number of hydrogen-bond donors (Lipinski definition) is 1. The van der Waals surface area contributed by atoms with Crippen LogP contribution in [0.4, 0.5) is 0 Å².